The zero-order valence-electron chi connectivity index (χ0n) is 8.72. The first-order valence-corrected chi connectivity index (χ1v) is 5.66. The maximum absolute atomic E-state index is 12.8. The summed E-state index contributed by atoms with van der Waals surface area (Å²) in [6, 6.07) is 4.42. The van der Waals surface area contributed by atoms with Gasteiger partial charge in [0.1, 0.15) is 12.1 Å². The molecule has 0 aliphatic rings. The second kappa shape index (κ2) is 4.52. The van der Waals surface area contributed by atoms with E-state index in [1.165, 1.54) is 23.9 Å². The van der Waals surface area contributed by atoms with Crippen molar-refractivity contribution in [3.8, 4) is 0 Å². The first-order valence-electron chi connectivity index (χ1n) is 4.67. The Morgan fingerprint density at radius 1 is 1.50 bits per heavy atom. The number of nitrogens with two attached hydrogens (primary N) is 1. The van der Waals surface area contributed by atoms with Crippen LogP contribution in [0.3, 0.4) is 0 Å². The van der Waals surface area contributed by atoms with E-state index in [4.69, 9.17) is 5.73 Å². The van der Waals surface area contributed by atoms with Crippen LogP contribution in [0.2, 0.25) is 0 Å². The Balaban J connectivity index is 2.08. The summed E-state index contributed by atoms with van der Waals surface area (Å²) >= 11 is 1.51. The van der Waals surface area contributed by atoms with Crippen LogP contribution in [0.5, 0.6) is 0 Å². The maximum atomic E-state index is 12.8. The number of nitrogens with zero attached hydrogens (tertiary/aromatic N) is 3. The largest absolute Gasteiger partial charge is 0.398 e. The number of hydrogen-bond donors (Lipinski definition) is 1. The van der Waals surface area contributed by atoms with Crippen LogP contribution < -0.4 is 5.73 Å². The molecule has 84 valence electrons. The number of nitrogen functional groups attached to an aromatic ring is 1. The van der Waals surface area contributed by atoms with Gasteiger partial charge in [-0.3, -0.25) is 0 Å². The van der Waals surface area contributed by atoms with Crippen molar-refractivity contribution in [2.75, 3.05) is 5.73 Å². The van der Waals surface area contributed by atoms with E-state index in [1.54, 1.807) is 12.4 Å². The Morgan fingerprint density at radius 3 is 2.94 bits per heavy atom. The minimum atomic E-state index is -0.315. The molecule has 2 aromatic rings. The van der Waals surface area contributed by atoms with Gasteiger partial charge in [0.15, 0.2) is 5.16 Å². The molecule has 0 amide bonds. The summed E-state index contributed by atoms with van der Waals surface area (Å²) in [4.78, 5) is 0. The SMILES string of the molecule is Cn1cnnc1SCc1ccc(F)cc1N. The van der Waals surface area contributed by atoms with Crippen molar-refractivity contribution in [2.24, 2.45) is 7.05 Å². The number of anilines is 1. The second-order valence-electron chi connectivity index (χ2n) is 3.36. The predicted molar refractivity (Wildman–Crippen MR) is 61.4 cm³/mol. The summed E-state index contributed by atoms with van der Waals surface area (Å²) in [5.74, 6) is 0.337. The van der Waals surface area contributed by atoms with E-state index in [1.807, 2.05) is 11.6 Å². The van der Waals surface area contributed by atoms with Gasteiger partial charge in [0.05, 0.1) is 0 Å². The number of aryl methyl sites for hydroxylation is 1. The molecule has 0 bridgehead atoms. The molecule has 0 aliphatic heterocycles. The van der Waals surface area contributed by atoms with Crippen LogP contribution in [0.4, 0.5) is 10.1 Å². The average Bonchev–Trinajstić information content (AvgIpc) is 2.63. The van der Waals surface area contributed by atoms with Crippen molar-refractivity contribution in [1.82, 2.24) is 14.8 Å². The van der Waals surface area contributed by atoms with Gasteiger partial charge in [-0.1, -0.05) is 17.8 Å². The zero-order valence-corrected chi connectivity index (χ0v) is 9.54. The molecular weight excluding hydrogens is 227 g/mol. The number of thioether (sulfide) groups is 1. The Kier molecular flexibility index (Phi) is 3.09. The summed E-state index contributed by atoms with van der Waals surface area (Å²) in [6.45, 7) is 0. The molecule has 1 aromatic carbocycles. The lowest BCUT2D eigenvalue weighted by Crippen LogP contribution is -1.95. The third kappa shape index (κ3) is 2.33. The standard InChI is InChI=1S/C10H11FN4S/c1-15-6-13-14-10(15)16-5-7-2-3-8(11)4-9(7)12/h2-4,6H,5,12H2,1H3. The van der Waals surface area contributed by atoms with Gasteiger partial charge >= 0.3 is 0 Å². The fraction of sp³-hybridized carbons (Fsp3) is 0.200. The number of aromatic nitrogens is 3. The molecule has 0 atom stereocenters. The molecule has 6 heteroatoms. The molecule has 1 aromatic heterocycles. The van der Waals surface area contributed by atoms with Crippen molar-refractivity contribution in [3.63, 3.8) is 0 Å². The smallest absolute Gasteiger partial charge is 0.191 e. The monoisotopic (exact) mass is 238 g/mol. The van der Waals surface area contributed by atoms with E-state index in [2.05, 4.69) is 10.2 Å². The van der Waals surface area contributed by atoms with Crippen LogP contribution in [0.25, 0.3) is 0 Å². The summed E-state index contributed by atoms with van der Waals surface area (Å²) in [6.07, 6.45) is 1.64. The molecule has 2 N–H and O–H groups in total. The Labute approximate surface area is 96.7 Å². The fourth-order valence-corrected chi connectivity index (χ4v) is 2.15. The number of hydrogen-bond acceptors (Lipinski definition) is 4. The first-order chi connectivity index (χ1) is 7.66. The molecule has 1 heterocycles. The number of halogens is 1. The lowest BCUT2D eigenvalue weighted by molar-refractivity contribution is 0.628. The molecule has 2 rings (SSSR count). The van der Waals surface area contributed by atoms with Crippen molar-refractivity contribution in [1.29, 1.82) is 0 Å². The number of benzene rings is 1. The van der Waals surface area contributed by atoms with Crippen LogP contribution >= 0.6 is 11.8 Å². The third-order valence-electron chi connectivity index (χ3n) is 2.13. The van der Waals surface area contributed by atoms with Gasteiger partial charge in [-0.25, -0.2) is 4.39 Å². The Bertz CT molecular complexity index is 497. The topological polar surface area (TPSA) is 56.7 Å². The van der Waals surface area contributed by atoms with Crippen LogP contribution in [-0.2, 0) is 12.8 Å². The molecule has 4 nitrogen and oxygen atoms in total. The molecule has 16 heavy (non-hydrogen) atoms. The van der Waals surface area contributed by atoms with Crippen LogP contribution in [0, 0.1) is 5.82 Å². The summed E-state index contributed by atoms with van der Waals surface area (Å²) in [5, 5.41) is 8.52. The maximum Gasteiger partial charge on any atom is 0.191 e. The highest BCUT2D eigenvalue weighted by atomic mass is 32.2. The number of rotatable bonds is 3. The second-order valence-corrected chi connectivity index (χ2v) is 4.30. The van der Waals surface area contributed by atoms with Gasteiger partial charge < -0.3 is 10.3 Å². The lowest BCUT2D eigenvalue weighted by atomic mass is 10.2. The van der Waals surface area contributed by atoms with E-state index in [0.29, 0.717) is 11.4 Å². The van der Waals surface area contributed by atoms with Gasteiger partial charge in [-0.05, 0) is 17.7 Å². The van der Waals surface area contributed by atoms with E-state index < -0.39 is 0 Å². The quantitative estimate of drug-likeness (QED) is 0.654. The van der Waals surface area contributed by atoms with Crippen molar-refractivity contribution in [2.45, 2.75) is 10.9 Å². The zero-order chi connectivity index (χ0) is 11.5. The highest BCUT2D eigenvalue weighted by Gasteiger charge is 2.05. The minimum Gasteiger partial charge on any atom is -0.398 e. The summed E-state index contributed by atoms with van der Waals surface area (Å²) in [7, 11) is 1.87. The molecule has 0 radical (unpaired) electrons. The third-order valence-corrected chi connectivity index (χ3v) is 3.22. The minimum absolute atomic E-state index is 0.315. The van der Waals surface area contributed by atoms with Gasteiger partial charge in [0, 0.05) is 18.5 Å². The van der Waals surface area contributed by atoms with E-state index in [0.717, 1.165) is 10.7 Å². The fourth-order valence-electron chi connectivity index (χ4n) is 1.24. The molecule has 0 saturated carbocycles. The van der Waals surface area contributed by atoms with Crippen LogP contribution in [0.15, 0.2) is 29.7 Å². The van der Waals surface area contributed by atoms with Crippen molar-refractivity contribution in [3.05, 3.63) is 35.9 Å². The summed E-state index contributed by atoms with van der Waals surface area (Å²) in [5.41, 5.74) is 7.07. The normalized spacial score (nSPS) is 10.6. The molecule has 0 saturated heterocycles. The van der Waals surface area contributed by atoms with Crippen molar-refractivity contribution >= 4 is 17.4 Å². The average molecular weight is 238 g/mol. The Morgan fingerprint density at radius 2 is 2.31 bits per heavy atom. The van der Waals surface area contributed by atoms with Gasteiger partial charge in [-0.15, -0.1) is 10.2 Å². The van der Waals surface area contributed by atoms with E-state index in [-0.39, 0.29) is 5.82 Å². The van der Waals surface area contributed by atoms with Crippen molar-refractivity contribution < 1.29 is 4.39 Å². The first kappa shape index (κ1) is 10.9. The van der Waals surface area contributed by atoms with Gasteiger partial charge in [-0.2, -0.15) is 0 Å². The van der Waals surface area contributed by atoms with E-state index in [9.17, 15) is 4.39 Å². The molecule has 0 unspecified atom stereocenters. The summed E-state index contributed by atoms with van der Waals surface area (Å²) < 4.78 is 14.6. The van der Waals surface area contributed by atoms with Gasteiger partial charge in [0.25, 0.3) is 0 Å². The molecule has 0 fully saturated rings. The molecular formula is C10H11FN4S. The van der Waals surface area contributed by atoms with Crippen LogP contribution in [-0.4, -0.2) is 14.8 Å². The van der Waals surface area contributed by atoms with E-state index >= 15 is 0 Å². The highest BCUT2D eigenvalue weighted by Crippen LogP contribution is 2.23. The van der Waals surface area contributed by atoms with Crippen LogP contribution in [0.1, 0.15) is 5.56 Å². The van der Waals surface area contributed by atoms with Gasteiger partial charge in [0.2, 0.25) is 0 Å². The Hall–Kier alpha value is -1.56. The lowest BCUT2D eigenvalue weighted by Gasteiger charge is -2.04. The highest BCUT2D eigenvalue weighted by molar-refractivity contribution is 7.98. The molecule has 0 aliphatic carbocycles. The predicted octanol–water partition coefficient (Wildman–Crippen LogP) is 1.83. The molecule has 0 spiro atoms.